The molecule has 0 aromatic carbocycles. The molecule has 6 heteroatoms. The van der Waals surface area contributed by atoms with Crippen molar-refractivity contribution in [2.75, 3.05) is 20.3 Å². The molecular formula is C18H24N2O4. The molecule has 1 atom stereocenters. The number of carbonyl (C=O) groups excluding carboxylic acids is 2. The minimum atomic E-state index is -0.480. The zero-order valence-corrected chi connectivity index (χ0v) is 14.1. The number of hydrogen-bond donors (Lipinski definition) is 0. The van der Waals surface area contributed by atoms with Gasteiger partial charge in [0.15, 0.2) is 6.61 Å². The van der Waals surface area contributed by atoms with E-state index >= 15 is 0 Å². The van der Waals surface area contributed by atoms with Gasteiger partial charge in [-0.15, -0.1) is 0 Å². The number of aryl methyl sites for hydroxylation is 1. The topological polar surface area (TPSA) is 68.7 Å². The Morgan fingerprint density at radius 2 is 2.08 bits per heavy atom. The van der Waals surface area contributed by atoms with Crippen molar-refractivity contribution in [2.24, 2.45) is 0 Å². The Bertz CT molecular complexity index is 617. The molecule has 130 valence electrons. The number of hydrogen-bond acceptors (Lipinski definition) is 5. The molecule has 0 spiro atoms. The zero-order chi connectivity index (χ0) is 16.9. The van der Waals surface area contributed by atoms with E-state index in [0.717, 1.165) is 55.5 Å². The molecule has 2 heterocycles. The monoisotopic (exact) mass is 332 g/mol. The first-order valence-electron chi connectivity index (χ1n) is 8.67. The van der Waals surface area contributed by atoms with Gasteiger partial charge in [-0.1, -0.05) is 0 Å². The molecule has 6 nitrogen and oxygen atoms in total. The van der Waals surface area contributed by atoms with Crippen molar-refractivity contribution in [3.63, 3.8) is 0 Å². The number of pyridine rings is 1. The fourth-order valence-corrected chi connectivity index (χ4v) is 3.56. The number of methoxy groups -OCH3 is 1. The summed E-state index contributed by atoms with van der Waals surface area (Å²) < 4.78 is 10.6. The van der Waals surface area contributed by atoms with E-state index in [-0.39, 0.29) is 18.5 Å². The third kappa shape index (κ3) is 3.52. The van der Waals surface area contributed by atoms with Crippen LogP contribution in [0.4, 0.5) is 0 Å². The van der Waals surface area contributed by atoms with E-state index < -0.39 is 6.04 Å². The van der Waals surface area contributed by atoms with Crippen molar-refractivity contribution < 1.29 is 19.1 Å². The van der Waals surface area contributed by atoms with E-state index in [1.54, 1.807) is 11.1 Å². The quantitative estimate of drug-likeness (QED) is 0.788. The Labute approximate surface area is 142 Å². The van der Waals surface area contributed by atoms with Crippen LogP contribution in [0.5, 0.6) is 5.75 Å². The third-order valence-electron chi connectivity index (χ3n) is 4.84. The van der Waals surface area contributed by atoms with Gasteiger partial charge in [0.05, 0.1) is 7.11 Å². The molecule has 1 fully saturated rings. The van der Waals surface area contributed by atoms with Gasteiger partial charge in [0.1, 0.15) is 11.8 Å². The third-order valence-corrected chi connectivity index (χ3v) is 4.84. The zero-order valence-electron chi connectivity index (χ0n) is 14.1. The first-order chi connectivity index (χ1) is 11.7. The fraction of sp³-hybridized carbons (Fsp3) is 0.611. The molecule has 1 saturated heterocycles. The largest absolute Gasteiger partial charge is 0.483 e. The molecule has 2 aliphatic rings. The van der Waals surface area contributed by atoms with Crippen LogP contribution in [0.2, 0.25) is 0 Å². The normalized spacial score (nSPS) is 20.2. The van der Waals surface area contributed by atoms with Crippen LogP contribution < -0.4 is 4.74 Å². The van der Waals surface area contributed by atoms with Crippen LogP contribution in [0.1, 0.15) is 43.4 Å². The number of likely N-dealkylation sites (tertiary alicyclic amines) is 1. The first kappa shape index (κ1) is 16.7. The van der Waals surface area contributed by atoms with E-state index in [9.17, 15) is 9.59 Å². The number of fused-ring (bicyclic) bond motifs is 1. The van der Waals surface area contributed by atoms with E-state index in [2.05, 4.69) is 4.98 Å². The van der Waals surface area contributed by atoms with Crippen molar-refractivity contribution >= 4 is 11.9 Å². The maximum Gasteiger partial charge on any atom is 0.328 e. The summed E-state index contributed by atoms with van der Waals surface area (Å²) in [5.41, 5.74) is 2.20. The van der Waals surface area contributed by atoms with Crippen molar-refractivity contribution in [3.8, 4) is 5.75 Å². The second-order valence-electron chi connectivity index (χ2n) is 6.35. The fourth-order valence-electron chi connectivity index (χ4n) is 3.56. The molecule has 0 bridgehead atoms. The summed E-state index contributed by atoms with van der Waals surface area (Å²) in [5, 5.41) is 0. The number of carbonyl (C=O) groups is 2. The number of piperidine rings is 1. The second kappa shape index (κ2) is 7.64. The predicted molar refractivity (Wildman–Crippen MR) is 87.7 cm³/mol. The van der Waals surface area contributed by atoms with Crippen LogP contribution >= 0.6 is 0 Å². The van der Waals surface area contributed by atoms with Crippen molar-refractivity contribution in [2.45, 2.75) is 51.0 Å². The SMILES string of the molecule is COC(=O)C1CCCCN1C(=O)COc1ccnc2c1CCCC2. The predicted octanol–water partition coefficient (Wildman–Crippen LogP) is 1.89. The molecule has 1 unspecified atom stereocenters. The summed E-state index contributed by atoms with van der Waals surface area (Å²) in [4.78, 5) is 30.4. The van der Waals surface area contributed by atoms with Crippen LogP contribution in [0.15, 0.2) is 12.3 Å². The van der Waals surface area contributed by atoms with Crippen LogP contribution in [-0.4, -0.2) is 48.1 Å². The Morgan fingerprint density at radius 1 is 1.25 bits per heavy atom. The minimum absolute atomic E-state index is 0.0516. The van der Waals surface area contributed by atoms with Gasteiger partial charge in [0.25, 0.3) is 5.91 Å². The highest BCUT2D eigenvalue weighted by Gasteiger charge is 2.33. The highest BCUT2D eigenvalue weighted by molar-refractivity contribution is 5.85. The molecule has 3 rings (SSSR count). The smallest absolute Gasteiger partial charge is 0.328 e. The van der Waals surface area contributed by atoms with Gasteiger partial charge in [-0.05, 0) is 51.0 Å². The molecule has 1 aliphatic heterocycles. The molecule has 0 N–H and O–H groups in total. The van der Waals surface area contributed by atoms with Gasteiger partial charge in [0, 0.05) is 24.0 Å². The summed E-state index contributed by atoms with van der Waals surface area (Å²) in [5.74, 6) is 0.246. The summed E-state index contributed by atoms with van der Waals surface area (Å²) >= 11 is 0. The lowest BCUT2D eigenvalue weighted by atomic mass is 9.95. The van der Waals surface area contributed by atoms with Crippen LogP contribution in [0.25, 0.3) is 0 Å². The maximum absolute atomic E-state index is 12.5. The average Bonchev–Trinajstić information content (AvgIpc) is 2.65. The van der Waals surface area contributed by atoms with Crippen LogP contribution in [0.3, 0.4) is 0 Å². The van der Waals surface area contributed by atoms with Crippen LogP contribution in [0, 0.1) is 0 Å². The Balaban J connectivity index is 1.66. The summed E-state index contributed by atoms with van der Waals surface area (Å²) in [6, 6.07) is 1.34. The molecule has 1 amide bonds. The van der Waals surface area contributed by atoms with Crippen molar-refractivity contribution in [1.29, 1.82) is 0 Å². The van der Waals surface area contributed by atoms with Crippen molar-refractivity contribution in [1.82, 2.24) is 9.88 Å². The highest BCUT2D eigenvalue weighted by atomic mass is 16.5. The molecule has 0 saturated carbocycles. The number of esters is 1. The Hall–Kier alpha value is -2.11. The molecular weight excluding hydrogens is 308 g/mol. The number of ether oxygens (including phenoxy) is 2. The highest BCUT2D eigenvalue weighted by Crippen LogP contribution is 2.28. The van der Waals surface area contributed by atoms with Gasteiger partial charge in [-0.25, -0.2) is 4.79 Å². The number of aromatic nitrogens is 1. The molecule has 1 aliphatic carbocycles. The van der Waals surface area contributed by atoms with Gasteiger partial charge < -0.3 is 14.4 Å². The molecule has 1 aromatic heterocycles. The lowest BCUT2D eigenvalue weighted by molar-refractivity contribution is -0.155. The number of nitrogens with zero attached hydrogens (tertiary/aromatic N) is 2. The summed E-state index contributed by atoms with van der Waals surface area (Å²) in [7, 11) is 1.36. The first-order valence-corrected chi connectivity index (χ1v) is 8.67. The van der Waals surface area contributed by atoms with Crippen LogP contribution in [-0.2, 0) is 27.2 Å². The molecule has 1 aromatic rings. The minimum Gasteiger partial charge on any atom is -0.483 e. The standard InChI is InChI=1S/C18H24N2O4/c1-23-18(22)15-8-4-5-11-20(15)17(21)12-24-16-9-10-19-14-7-3-2-6-13(14)16/h9-10,15H,2-8,11-12H2,1H3. The van der Waals surface area contributed by atoms with Gasteiger partial charge in [0.2, 0.25) is 0 Å². The van der Waals surface area contributed by atoms with Gasteiger partial charge in [-0.2, -0.15) is 0 Å². The van der Waals surface area contributed by atoms with E-state index in [1.807, 2.05) is 6.07 Å². The lowest BCUT2D eigenvalue weighted by Crippen LogP contribution is -2.50. The average molecular weight is 332 g/mol. The van der Waals surface area contributed by atoms with E-state index in [4.69, 9.17) is 9.47 Å². The Kier molecular flexibility index (Phi) is 5.33. The lowest BCUT2D eigenvalue weighted by Gasteiger charge is -2.33. The maximum atomic E-state index is 12.5. The van der Waals surface area contributed by atoms with Gasteiger partial charge in [-0.3, -0.25) is 9.78 Å². The van der Waals surface area contributed by atoms with E-state index in [0.29, 0.717) is 13.0 Å². The number of amides is 1. The molecule has 24 heavy (non-hydrogen) atoms. The van der Waals surface area contributed by atoms with E-state index in [1.165, 1.54) is 7.11 Å². The second-order valence-corrected chi connectivity index (χ2v) is 6.35. The molecule has 0 radical (unpaired) electrons. The summed E-state index contributed by atoms with van der Waals surface area (Å²) in [6.45, 7) is 0.528. The summed E-state index contributed by atoms with van der Waals surface area (Å²) in [6.07, 6.45) is 8.42. The van der Waals surface area contributed by atoms with Gasteiger partial charge >= 0.3 is 5.97 Å². The Morgan fingerprint density at radius 3 is 2.92 bits per heavy atom. The number of rotatable bonds is 4. The van der Waals surface area contributed by atoms with Crippen molar-refractivity contribution in [3.05, 3.63) is 23.5 Å².